The molecule has 0 aliphatic heterocycles. The van der Waals surface area contributed by atoms with E-state index < -0.39 is 5.82 Å². The first-order chi connectivity index (χ1) is 14.5. The van der Waals surface area contributed by atoms with Crippen LogP contribution in [0.3, 0.4) is 0 Å². The minimum atomic E-state index is -0.421. The van der Waals surface area contributed by atoms with Crippen LogP contribution in [0.5, 0.6) is 0 Å². The van der Waals surface area contributed by atoms with Gasteiger partial charge in [-0.2, -0.15) is 0 Å². The third kappa shape index (κ3) is 3.78. The maximum Gasteiger partial charge on any atom is 0.204 e. The van der Waals surface area contributed by atoms with Crippen LogP contribution in [-0.2, 0) is 6.54 Å². The Morgan fingerprint density at radius 2 is 1.87 bits per heavy atom. The zero-order valence-corrected chi connectivity index (χ0v) is 17.8. The molecule has 4 rings (SSSR count). The van der Waals surface area contributed by atoms with Gasteiger partial charge in [0.25, 0.3) is 0 Å². The summed E-state index contributed by atoms with van der Waals surface area (Å²) in [6.45, 7) is 5.85. The van der Waals surface area contributed by atoms with Gasteiger partial charge in [-0.05, 0) is 54.3 Å². The van der Waals surface area contributed by atoms with Gasteiger partial charge in [-0.25, -0.2) is 9.37 Å². The topological polar surface area (TPSA) is 55.9 Å². The molecule has 3 N–H and O–H groups in total. The summed E-state index contributed by atoms with van der Waals surface area (Å²) in [6, 6.07) is 17.3. The number of nitrogens with zero attached hydrogens (tertiary/aromatic N) is 2. The molecule has 0 radical (unpaired) electrons. The molecule has 0 bridgehead atoms. The third-order valence-corrected chi connectivity index (χ3v) is 5.67. The second-order valence-corrected chi connectivity index (χ2v) is 7.82. The number of nitrogens with two attached hydrogens (primary N) is 1. The van der Waals surface area contributed by atoms with Crippen LogP contribution in [-0.4, -0.2) is 22.6 Å². The molecule has 0 atom stereocenters. The Bertz CT molecular complexity index is 1200. The fraction of sp³-hybridized carbons (Fsp3) is 0.208. The first kappa shape index (κ1) is 20.4. The molecular weight excluding hydrogens is 399 g/mol. The van der Waals surface area contributed by atoms with E-state index >= 15 is 0 Å². The molecular formula is C24H24ClFN4. The van der Waals surface area contributed by atoms with Crippen molar-refractivity contribution in [2.24, 2.45) is 5.73 Å². The zero-order valence-electron chi connectivity index (χ0n) is 17.0. The highest BCUT2D eigenvalue weighted by molar-refractivity contribution is 6.30. The van der Waals surface area contributed by atoms with Crippen molar-refractivity contribution in [3.63, 3.8) is 0 Å². The van der Waals surface area contributed by atoms with E-state index in [0.29, 0.717) is 19.6 Å². The predicted octanol–water partition coefficient (Wildman–Crippen LogP) is 5.53. The van der Waals surface area contributed by atoms with Crippen molar-refractivity contribution in [2.45, 2.75) is 20.4 Å². The number of hydrogen-bond acceptors (Lipinski definition) is 3. The number of halogens is 2. The van der Waals surface area contributed by atoms with Crippen LogP contribution in [0.4, 0.5) is 10.3 Å². The maximum absolute atomic E-state index is 13.6. The summed E-state index contributed by atoms with van der Waals surface area (Å²) in [4.78, 5) is 4.95. The Morgan fingerprint density at radius 1 is 1.10 bits per heavy atom. The van der Waals surface area contributed by atoms with Gasteiger partial charge >= 0.3 is 0 Å². The highest BCUT2D eigenvalue weighted by atomic mass is 35.5. The van der Waals surface area contributed by atoms with Gasteiger partial charge in [0.2, 0.25) is 5.95 Å². The minimum Gasteiger partial charge on any atom is -0.354 e. The lowest BCUT2D eigenvalue weighted by molar-refractivity contribution is 0.627. The van der Waals surface area contributed by atoms with Crippen molar-refractivity contribution in [1.29, 1.82) is 0 Å². The molecule has 0 fully saturated rings. The van der Waals surface area contributed by atoms with Crippen molar-refractivity contribution in [3.05, 3.63) is 82.1 Å². The normalized spacial score (nSPS) is 11.2. The summed E-state index contributed by atoms with van der Waals surface area (Å²) in [7, 11) is 0. The zero-order chi connectivity index (χ0) is 21.3. The van der Waals surface area contributed by atoms with E-state index in [1.807, 2.05) is 18.2 Å². The molecule has 0 unspecified atom stereocenters. The highest BCUT2D eigenvalue weighted by Gasteiger charge is 2.18. The Hall–Kier alpha value is -2.89. The van der Waals surface area contributed by atoms with Gasteiger partial charge in [0.15, 0.2) is 0 Å². The quantitative estimate of drug-likeness (QED) is 0.429. The van der Waals surface area contributed by atoms with Crippen molar-refractivity contribution >= 4 is 28.6 Å². The van der Waals surface area contributed by atoms with Crippen molar-refractivity contribution < 1.29 is 4.39 Å². The number of benzene rings is 3. The van der Waals surface area contributed by atoms with Crippen LogP contribution in [0.2, 0.25) is 5.02 Å². The number of aryl methyl sites for hydroxylation is 1. The highest BCUT2D eigenvalue weighted by Crippen LogP contribution is 2.35. The Labute approximate surface area is 180 Å². The molecule has 0 amide bonds. The number of rotatable bonds is 6. The van der Waals surface area contributed by atoms with E-state index in [2.05, 4.69) is 41.9 Å². The predicted molar refractivity (Wildman–Crippen MR) is 123 cm³/mol. The Morgan fingerprint density at radius 3 is 2.57 bits per heavy atom. The van der Waals surface area contributed by atoms with Crippen LogP contribution in [0, 0.1) is 19.7 Å². The molecule has 4 aromatic rings. The number of hydrogen-bond donors (Lipinski definition) is 2. The van der Waals surface area contributed by atoms with Crippen LogP contribution >= 0.6 is 11.6 Å². The van der Waals surface area contributed by atoms with E-state index in [-0.39, 0.29) is 5.02 Å². The van der Waals surface area contributed by atoms with E-state index in [0.717, 1.165) is 33.7 Å². The lowest BCUT2D eigenvalue weighted by atomic mass is 9.95. The monoisotopic (exact) mass is 422 g/mol. The van der Waals surface area contributed by atoms with E-state index in [1.165, 1.54) is 17.2 Å². The van der Waals surface area contributed by atoms with Gasteiger partial charge in [0.1, 0.15) is 5.82 Å². The number of nitrogens with one attached hydrogen (secondary N) is 1. The van der Waals surface area contributed by atoms with Crippen molar-refractivity contribution in [3.8, 4) is 11.1 Å². The average Bonchev–Trinajstić information content (AvgIpc) is 3.07. The molecule has 6 heteroatoms. The van der Waals surface area contributed by atoms with Crippen LogP contribution in [0.25, 0.3) is 22.2 Å². The van der Waals surface area contributed by atoms with Gasteiger partial charge in [-0.3, -0.25) is 0 Å². The Balaban J connectivity index is 1.93. The third-order valence-electron chi connectivity index (χ3n) is 5.38. The van der Waals surface area contributed by atoms with E-state index in [9.17, 15) is 4.39 Å². The summed E-state index contributed by atoms with van der Waals surface area (Å²) in [5, 5.41) is 3.45. The molecule has 0 saturated carbocycles. The van der Waals surface area contributed by atoms with Crippen molar-refractivity contribution in [2.75, 3.05) is 18.4 Å². The second kappa shape index (κ2) is 8.46. The smallest absolute Gasteiger partial charge is 0.204 e. The Kier molecular flexibility index (Phi) is 5.75. The molecule has 0 aliphatic rings. The number of imidazole rings is 1. The summed E-state index contributed by atoms with van der Waals surface area (Å²) < 4.78 is 15.7. The van der Waals surface area contributed by atoms with Gasteiger partial charge in [0.05, 0.1) is 22.6 Å². The van der Waals surface area contributed by atoms with Gasteiger partial charge in [-0.1, -0.05) is 48.0 Å². The van der Waals surface area contributed by atoms with Gasteiger partial charge in [-0.15, -0.1) is 0 Å². The molecule has 0 aliphatic carbocycles. The molecule has 4 nitrogen and oxygen atoms in total. The van der Waals surface area contributed by atoms with Gasteiger partial charge < -0.3 is 15.6 Å². The lowest BCUT2D eigenvalue weighted by Crippen LogP contribution is -2.16. The SMILES string of the molecule is Cc1cc2c(nc(NCCN)n2Cc2ccc(F)c(Cl)c2)c(-c2ccccc2)c1C. The molecule has 3 aromatic carbocycles. The lowest BCUT2D eigenvalue weighted by Gasteiger charge is -2.13. The molecule has 1 heterocycles. The van der Waals surface area contributed by atoms with Crippen LogP contribution < -0.4 is 11.1 Å². The largest absolute Gasteiger partial charge is 0.354 e. The molecule has 154 valence electrons. The molecule has 0 spiro atoms. The van der Waals surface area contributed by atoms with Crippen LogP contribution in [0.1, 0.15) is 16.7 Å². The van der Waals surface area contributed by atoms with Crippen LogP contribution in [0.15, 0.2) is 54.6 Å². The van der Waals surface area contributed by atoms with Crippen molar-refractivity contribution in [1.82, 2.24) is 9.55 Å². The van der Waals surface area contributed by atoms with E-state index in [4.69, 9.17) is 22.3 Å². The molecule has 1 aromatic heterocycles. The van der Waals surface area contributed by atoms with Gasteiger partial charge in [0, 0.05) is 18.7 Å². The first-order valence-corrected chi connectivity index (χ1v) is 10.3. The minimum absolute atomic E-state index is 0.116. The van der Waals surface area contributed by atoms with E-state index in [1.54, 1.807) is 12.1 Å². The maximum atomic E-state index is 13.6. The summed E-state index contributed by atoms with van der Waals surface area (Å²) in [5.74, 6) is 0.313. The fourth-order valence-corrected chi connectivity index (χ4v) is 3.94. The first-order valence-electron chi connectivity index (χ1n) is 9.93. The average molecular weight is 423 g/mol. The summed E-state index contributed by atoms with van der Waals surface area (Å²) in [6.07, 6.45) is 0. The molecule has 0 saturated heterocycles. The second-order valence-electron chi connectivity index (χ2n) is 7.41. The fourth-order valence-electron chi connectivity index (χ4n) is 3.74. The standard InChI is InChI=1S/C24H24ClFN4/c1-15-12-21-23(22(16(15)2)18-6-4-3-5-7-18)29-24(28-11-10-27)30(21)14-17-8-9-20(26)19(25)13-17/h3-9,12-13H,10-11,14,27H2,1-2H3,(H,28,29). The number of fused-ring (bicyclic) bond motifs is 1. The summed E-state index contributed by atoms with van der Waals surface area (Å²) >= 11 is 6.01. The summed E-state index contributed by atoms with van der Waals surface area (Å²) in [5.41, 5.74) is 13.2. The number of aromatic nitrogens is 2. The molecule has 30 heavy (non-hydrogen) atoms. The number of anilines is 1.